The molecule has 1 amide bonds. The highest BCUT2D eigenvalue weighted by atomic mass is 16.5. The maximum absolute atomic E-state index is 11.2. The SMILES string of the molecule is COC1CC2CCC(C1)N2c1ccnc(C(N)=O)c1. The van der Waals surface area contributed by atoms with Gasteiger partial charge >= 0.3 is 0 Å². The number of amides is 1. The number of hydrogen-bond acceptors (Lipinski definition) is 4. The number of anilines is 1. The van der Waals surface area contributed by atoms with Gasteiger partial charge in [-0.1, -0.05) is 0 Å². The van der Waals surface area contributed by atoms with E-state index >= 15 is 0 Å². The van der Waals surface area contributed by atoms with Crippen LogP contribution in [0.2, 0.25) is 0 Å². The molecule has 0 aromatic carbocycles. The molecule has 0 saturated carbocycles. The number of primary amides is 1. The van der Waals surface area contributed by atoms with Gasteiger partial charge in [0, 0.05) is 31.1 Å². The summed E-state index contributed by atoms with van der Waals surface area (Å²) in [7, 11) is 1.79. The van der Waals surface area contributed by atoms with Crippen LogP contribution in [-0.4, -0.2) is 36.2 Å². The van der Waals surface area contributed by atoms with Crippen LogP contribution in [0.25, 0.3) is 0 Å². The number of carbonyl (C=O) groups excluding carboxylic acids is 1. The van der Waals surface area contributed by atoms with Gasteiger partial charge in [-0.25, -0.2) is 0 Å². The molecule has 0 radical (unpaired) electrons. The molecule has 5 heteroatoms. The number of carbonyl (C=O) groups is 1. The second-order valence-electron chi connectivity index (χ2n) is 5.38. The normalized spacial score (nSPS) is 29.5. The summed E-state index contributed by atoms with van der Waals surface area (Å²) < 4.78 is 5.50. The molecule has 3 rings (SSSR count). The molecular formula is C14H19N3O2. The molecule has 2 unspecified atom stereocenters. The van der Waals surface area contributed by atoms with Gasteiger partial charge in [-0.2, -0.15) is 0 Å². The van der Waals surface area contributed by atoms with Crippen molar-refractivity contribution in [2.24, 2.45) is 5.73 Å². The van der Waals surface area contributed by atoms with Crippen LogP contribution in [0.5, 0.6) is 0 Å². The van der Waals surface area contributed by atoms with E-state index in [0.717, 1.165) is 18.5 Å². The van der Waals surface area contributed by atoms with Gasteiger partial charge < -0.3 is 15.4 Å². The van der Waals surface area contributed by atoms with E-state index < -0.39 is 5.91 Å². The second kappa shape index (κ2) is 4.81. The number of methoxy groups -OCH3 is 1. The van der Waals surface area contributed by atoms with E-state index in [2.05, 4.69) is 9.88 Å². The van der Waals surface area contributed by atoms with E-state index in [4.69, 9.17) is 10.5 Å². The predicted molar refractivity (Wildman–Crippen MR) is 72.1 cm³/mol. The summed E-state index contributed by atoms with van der Waals surface area (Å²) in [5.74, 6) is -0.471. The number of nitrogens with two attached hydrogens (primary N) is 1. The molecular weight excluding hydrogens is 242 g/mol. The average Bonchev–Trinajstić information content (AvgIpc) is 2.69. The van der Waals surface area contributed by atoms with Crippen molar-refractivity contribution in [1.82, 2.24) is 4.98 Å². The summed E-state index contributed by atoms with van der Waals surface area (Å²) in [4.78, 5) is 17.7. The van der Waals surface area contributed by atoms with E-state index in [9.17, 15) is 4.79 Å². The van der Waals surface area contributed by atoms with Gasteiger partial charge in [0.05, 0.1) is 6.10 Å². The zero-order chi connectivity index (χ0) is 13.4. The maximum atomic E-state index is 11.2. The first-order valence-electron chi connectivity index (χ1n) is 6.76. The summed E-state index contributed by atoms with van der Waals surface area (Å²) in [5, 5.41) is 0. The Morgan fingerprint density at radius 2 is 2.11 bits per heavy atom. The standard InChI is InChI=1S/C14H19N3O2/c1-19-12-6-9-2-3-10(7-12)17(9)11-4-5-16-13(8-11)14(15)18/h4-5,8-10,12H,2-3,6-7H2,1H3,(H2,15,18). The Hall–Kier alpha value is -1.62. The summed E-state index contributed by atoms with van der Waals surface area (Å²) in [6.07, 6.45) is 6.53. The van der Waals surface area contributed by atoms with Crippen molar-refractivity contribution >= 4 is 11.6 Å². The van der Waals surface area contributed by atoms with E-state index in [1.807, 2.05) is 6.07 Å². The fourth-order valence-corrected chi connectivity index (χ4v) is 3.46. The first kappa shape index (κ1) is 12.4. The molecule has 0 spiro atoms. The Balaban J connectivity index is 1.87. The zero-order valence-electron chi connectivity index (χ0n) is 11.1. The lowest BCUT2D eigenvalue weighted by molar-refractivity contribution is 0.0683. The quantitative estimate of drug-likeness (QED) is 0.891. The van der Waals surface area contributed by atoms with E-state index in [1.54, 1.807) is 19.4 Å². The van der Waals surface area contributed by atoms with Crippen molar-refractivity contribution in [1.29, 1.82) is 0 Å². The third-order valence-corrected chi connectivity index (χ3v) is 4.32. The summed E-state index contributed by atoms with van der Waals surface area (Å²) in [6.45, 7) is 0. The highest BCUT2D eigenvalue weighted by Crippen LogP contribution is 2.39. The first-order chi connectivity index (χ1) is 9.19. The summed E-state index contributed by atoms with van der Waals surface area (Å²) >= 11 is 0. The molecule has 1 aromatic heterocycles. The Bertz CT molecular complexity index is 477. The van der Waals surface area contributed by atoms with Gasteiger partial charge in [-0.3, -0.25) is 9.78 Å². The highest BCUT2D eigenvalue weighted by molar-refractivity contribution is 5.91. The smallest absolute Gasteiger partial charge is 0.267 e. The molecule has 1 aromatic rings. The van der Waals surface area contributed by atoms with Crippen molar-refractivity contribution in [3.63, 3.8) is 0 Å². The molecule has 2 aliphatic rings. The number of hydrogen-bond donors (Lipinski definition) is 1. The van der Waals surface area contributed by atoms with Crippen LogP contribution in [0, 0.1) is 0 Å². The van der Waals surface area contributed by atoms with Crippen molar-refractivity contribution < 1.29 is 9.53 Å². The van der Waals surface area contributed by atoms with Crippen LogP contribution in [0.15, 0.2) is 18.3 Å². The molecule has 2 atom stereocenters. The number of aromatic nitrogens is 1. The first-order valence-corrected chi connectivity index (χ1v) is 6.76. The molecule has 2 saturated heterocycles. The van der Waals surface area contributed by atoms with Gasteiger partial charge in [0.15, 0.2) is 0 Å². The number of fused-ring (bicyclic) bond motifs is 2. The Labute approximate surface area is 112 Å². The van der Waals surface area contributed by atoms with E-state index in [-0.39, 0.29) is 0 Å². The average molecular weight is 261 g/mol. The van der Waals surface area contributed by atoms with E-state index in [1.165, 1.54) is 12.8 Å². The van der Waals surface area contributed by atoms with Crippen LogP contribution in [0.3, 0.4) is 0 Å². The predicted octanol–water partition coefficient (Wildman–Crippen LogP) is 1.33. The molecule has 2 fully saturated rings. The molecule has 2 aliphatic heterocycles. The Kier molecular flexibility index (Phi) is 3.14. The third-order valence-electron chi connectivity index (χ3n) is 4.32. The fraction of sp³-hybridized carbons (Fsp3) is 0.571. The molecule has 5 nitrogen and oxygen atoms in total. The lowest BCUT2D eigenvalue weighted by atomic mass is 9.99. The van der Waals surface area contributed by atoms with Gasteiger partial charge in [0.25, 0.3) is 5.91 Å². The largest absolute Gasteiger partial charge is 0.381 e. The Morgan fingerprint density at radius 3 is 2.68 bits per heavy atom. The van der Waals surface area contributed by atoms with Gasteiger partial charge in [-0.15, -0.1) is 0 Å². The highest BCUT2D eigenvalue weighted by Gasteiger charge is 2.40. The topological polar surface area (TPSA) is 68.4 Å². The van der Waals surface area contributed by atoms with Gasteiger partial charge in [0.1, 0.15) is 5.69 Å². The molecule has 3 heterocycles. The molecule has 0 aliphatic carbocycles. The van der Waals surface area contributed by atoms with Crippen LogP contribution in [0.4, 0.5) is 5.69 Å². The summed E-state index contributed by atoms with van der Waals surface area (Å²) in [6, 6.07) is 4.78. The minimum Gasteiger partial charge on any atom is -0.381 e. The molecule has 2 bridgehead atoms. The van der Waals surface area contributed by atoms with E-state index in [0.29, 0.717) is 23.9 Å². The number of ether oxygens (including phenoxy) is 1. The minimum atomic E-state index is -0.471. The van der Waals surface area contributed by atoms with Crippen molar-refractivity contribution in [2.45, 2.75) is 43.9 Å². The number of pyridine rings is 1. The van der Waals surface area contributed by atoms with Gasteiger partial charge in [-0.05, 0) is 37.8 Å². The van der Waals surface area contributed by atoms with Crippen LogP contribution >= 0.6 is 0 Å². The number of piperidine rings is 1. The van der Waals surface area contributed by atoms with Crippen LogP contribution in [-0.2, 0) is 4.74 Å². The fourth-order valence-electron chi connectivity index (χ4n) is 3.46. The lowest BCUT2D eigenvalue weighted by Crippen LogP contribution is -2.45. The van der Waals surface area contributed by atoms with Gasteiger partial charge in [0.2, 0.25) is 0 Å². The molecule has 2 N–H and O–H groups in total. The van der Waals surface area contributed by atoms with Crippen LogP contribution < -0.4 is 10.6 Å². The number of rotatable bonds is 3. The Morgan fingerprint density at radius 1 is 1.42 bits per heavy atom. The zero-order valence-corrected chi connectivity index (χ0v) is 11.1. The van der Waals surface area contributed by atoms with Crippen molar-refractivity contribution in [3.05, 3.63) is 24.0 Å². The molecule has 19 heavy (non-hydrogen) atoms. The minimum absolute atomic E-state index is 0.339. The summed E-state index contributed by atoms with van der Waals surface area (Å²) in [5.41, 5.74) is 6.70. The maximum Gasteiger partial charge on any atom is 0.267 e. The van der Waals surface area contributed by atoms with Crippen LogP contribution in [0.1, 0.15) is 36.2 Å². The van der Waals surface area contributed by atoms with Crippen molar-refractivity contribution in [3.8, 4) is 0 Å². The molecule has 102 valence electrons. The number of nitrogens with zero attached hydrogens (tertiary/aromatic N) is 2. The lowest BCUT2D eigenvalue weighted by Gasteiger charge is -2.40. The second-order valence-corrected chi connectivity index (χ2v) is 5.38. The van der Waals surface area contributed by atoms with Crippen molar-refractivity contribution in [2.75, 3.05) is 12.0 Å². The third kappa shape index (κ3) is 2.18. The monoisotopic (exact) mass is 261 g/mol.